The molecule has 1 heterocycles. The lowest BCUT2D eigenvalue weighted by Gasteiger charge is -2.29. The SMILES string of the molecule is CO[C@@H](C(=O)[C@H](C)C[C@H](C)/C=C/C=C/C=C(\C)CC[C@@H]1CCC(C)=C(C=O)O1)[C@H](O)/C(C)=C/CC(=O)/C=C/[C@H](C)C[C@H]1CC[C@H](OCCOC(=O)C(C)(CO)CO)CC1. The molecule has 0 amide bonds. The summed E-state index contributed by atoms with van der Waals surface area (Å²) in [6.07, 6.45) is 23.2. The van der Waals surface area contributed by atoms with Gasteiger partial charge in [0.1, 0.15) is 24.2 Å². The van der Waals surface area contributed by atoms with Crippen LogP contribution in [0.15, 0.2) is 71.1 Å². The minimum absolute atomic E-state index is 0.0717. The Morgan fingerprint density at radius 1 is 0.949 bits per heavy atom. The number of ether oxygens (including phenoxy) is 4. The van der Waals surface area contributed by atoms with Gasteiger partial charge in [-0.1, -0.05) is 68.9 Å². The molecule has 1 aliphatic heterocycles. The van der Waals surface area contributed by atoms with Gasteiger partial charge in [0.15, 0.2) is 23.6 Å². The molecule has 0 saturated heterocycles. The van der Waals surface area contributed by atoms with Crippen molar-refractivity contribution in [3.05, 3.63) is 71.1 Å². The van der Waals surface area contributed by atoms with Crippen LogP contribution in [0.4, 0.5) is 0 Å². The highest BCUT2D eigenvalue weighted by Crippen LogP contribution is 2.31. The smallest absolute Gasteiger partial charge is 0.316 e. The zero-order chi connectivity index (χ0) is 44.0. The van der Waals surface area contributed by atoms with Crippen molar-refractivity contribution < 1.29 is 53.4 Å². The number of ketones is 2. The molecule has 1 saturated carbocycles. The summed E-state index contributed by atoms with van der Waals surface area (Å²) in [7, 11) is 1.42. The van der Waals surface area contributed by atoms with Gasteiger partial charge >= 0.3 is 5.97 Å². The van der Waals surface area contributed by atoms with Crippen LogP contribution in [0.2, 0.25) is 0 Å². The zero-order valence-electron chi connectivity index (χ0n) is 37.0. The molecule has 0 unspecified atom stereocenters. The monoisotopic (exact) mass is 827 g/mol. The van der Waals surface area contributed by atoms with Crippen LogP contribution in [0.3, 0.4) is 0 Å². The Hall–Kier alpha value is -3.48. The molecule has 0 aromatic carbocycles. The van der Waals surface area contributed by atoms with Crippen molar-refractivity contribution in [2.24, 2.45) is 29.1 Å². The second-order valence-corrected chi connectivity index (χ2v) is 17.2. The van der Waals surface area contributed by atoms with E-state index < -0.39 is 36.8 Å². The van der Waals surface area contributed by atoms with E-state index in [-0.39, 0.29) is 61.2 Å². The molecule has 0 aromatic rings. The van der Waals surface area contributed by atoms with Gasteiger partial charge in [-0.3, -0.25) is 19.2 Å². The molecule has 1 aliphatic carbocycles. The second-order valence-electron chi connectivity index (χ2n) is 17.2. The number of hydrogen-bond donors (Lipinski definition) is 3. The van der Waals surface area contributed by atoms with E-state index in [2.05, 4.69) is 32.9 Å². The minimum Gasteiger partial charge on any atom is -0.487 e. The third kappa shape index (κ3) is 18.8. The van der Waals surface area contributed by atoms with Gasteiger partial charge in [-0.15, -0.1) is 0 Å². The van der Waals surface area contributed by atoms with Crippen LogP contribution in [-0.4, -0.2) is 97.1 Å². The van der Waals surface area contributed by atoms with Crippen molar-refractivity contribution in [2.75, 3.05) is 33.5 Å². The number of carbonyl (C=O) groups excluding carboxylic acids is 4. The third-order valence-electron chi connectivity index (χ3n) is 11.7. The van der Waals surface area contributed by atoms with Crippen LogP contribution in [-0.2, 0) is 38.1 Å². The standard InChI is InChI=1S/C48H74O11/c1-33(15-22-42-23-17-36(4)43(30-49)59-42)12-10-9-11-13-34(2)28-38(6)45(54)46(56-8)44(53)37(5)16-21-40(52)20-14-35(3)29-39-18-24-41(25-19-39)57-26-27-58-47(55)48(7,31-50)32-51/h9-14,16,20,30,34-35,38-39,41-42,44,46,50-51,53H,15,17-19,21-29,31-32H2,1-8H3/b10-9+,13-11+,20-14+,33-12+,37-16+/t34-,35+,38-,39-,41-,42-,44-,46-/m1/s1. The fourth-order valence-electron chi connectivity index (χ4n) is 7.42. The van der Waals surface area contributed by atoms with Crippen molar-refractivity contribution in [3.8, 4) is 0 Å². The molecule has 0 aromatic heterocycles. The molecule has 0 bridgehead atoms. The highest BCUT2D eigenvalue weighted by molar-refractivity contribution is 5.91. The molecule has 6 atom stereocenters. The molecule has 0 radical (unpaired) electrons. The van der Waals surface area contributed by atoms with Crippen molar-refractivity contribution in [1.82, 2.24) is 0 Å². The van der Waals surface area contributed by atoms with Gasteiger partial charge < -0.3 is 34.3 Å². The third-order valence-corrected chi connectivity index (χ3v) is 11.7. The average molecular weight is 827 g/mol. The maximum atomic E-state index is 13.4. The number of Topliss-reactive ketones (excluding diaryl/α,β-unsaturated/α-hetero) is 1. The van der Waals surface area contributed by atoms with Crippen molar-refractivity contribution in [3.63, 3.8) is 0 Å². The molecular formula is C48H74O11. The first-order valence-corrected chi connectivity index (χ1v) is 21.5. The van der Waals surface area contributed by atoms with Gasteiger partial charge in [0.25, 0.3) is 0 Å². The molecule has 11 heteroatoms. The normalized spacial score (nSPS) is 22.3. The highest BCUT2D eigenvalue weighted by atomic mass is 16.6. The van der Waals surface area contributed by atoms with E-state index in [0.29, 0.717) is 23.7 Å². The number of aliphatic hydroxyl groups excluding tert-OH is 3. The molecule has 2 aliphatic rings. The average Bonchev–Trinajstić information content (AvgIpc) is 3.23. The van der Waals surface area contributed by atoms with Gasteiger partial charge in [0.2, 0.25) is 0 Å². The number of methoxy groups -OCH3 is 1. The van der Waals surface area contributed by atoms with E-state index in [1.54, 1.807) is 19.1 Å². The summed E-state index contributed by atoms with van der Waals surface area (Å²) >= 11 is 0. The molecule has 59 heavy (non-hydrogen) atoms. The van der Waals surface area contributed by atoms with E-state index in [0.717, 1.165) is 69.6 Å². The van der Waals surface area contributed by atoms with Gasteiger partial charge in [0, 0.05) is 19.4 Å². The van der Waals surface area contributed by atoms with Crippen molar-refractivity contribution in [2.45, 2.75) is 144 Å². The number of esters is 1. The summed E-state index contributed by atoms with van der Waals surface area (Å²) in [4.78, 5) is 49.3. The Labute approximate surface area is 353 Å². The number of rotatable bonds is 27. The van der Waals surface area contributed by atoms with Gasteiger partial charge in [0.05, 0.1) is 32.0 Å². The van der Waals surface area contributed by atoms with E-state index in [1.165, 1.54) is 19.6 Å². The van der Waals surface area contributed by atoms with Gasteiger partial charge in [-0.2, -0.15) is 0 Å². The topological polar surface area (TPSA) is 166 Å². The Bertz CT molecular complexity index is 1510. The summed E-state index contributed by atoms with van der Waals surface area (Å²) in [6.45, 7) is 12.6. The summed E-state index contributed by atoms with van der Waals surface area (Å²) in [6, 6.07) is 0. The molecule has 1 fully saturated rings. The van der Waals surface area contributed by atoms with Crippen LogP contribution in [0.25, 0.3) is 0 Å². The summed E-state index contributed by atoms with van der Waals surface area (Å²) in [5, 5.41) is 29.7. The maximum absolute atomic E-state index is 13.4. The number of allylic oxidation sites excluding steroid dienone is 11. The van der Waals surface area contributed by atoms with E-state index in [1.807, 2.05) is 38.2 Å². The summed E-state index contributed by atoms with van der Waals surface area (Å²) in [5.74, 6) is 0.101. The Morgan fingerprint density at radius 3 is 2.29 bits per heavy atom. The fourth-order valence-corrected chi connectivity index (χ4v) is 7.42. The summed E-state index contributed by atoms with van der Waals surface area (Å²) in [5.41, 5.74) is 1.46. The second kappa shape index (κ2) is 27.4. The first-order valence-electron chi connectivity index (χ1n) is 21.5. The molecule has 11 nitrogen and oxygen atoms in total. The maximum Gasteiger partial charge on any atom is 0.316 e. The van der Waals surface area contributed by atoms with Crippen LogP contribution in [0.1, 0.15) is 119 Å². The number of carbonyl (C=O) groups is 4. The molecule has 0 spiro atoms. The van der Waals surface area contributed by atoms with E-state index in [9.17, 15) is 34.5 Å². The molecule has 2 rings (SSSR count). The van der Waals surface area contributed by atoms with Crippen LogP contribution < -0.4 is 0 Å². The molecule has 332 valence electrons. The first-order chi connectivity index (χ1) is 28.1. The Morgan fingerprint density at radius 2 is 1.64 bits per heavy atom. The van der Waals surface area contributed by atoms with Crippen LogP contribution in [0.5, 0.6) is 0 Å². The quantitative estimate of drug-likeness (QED) is 0.0186. The minimum atomic E-state index is -1.31. The van der Waals surface area contributed by atoms with E-state index >= 15 is 0 Å². The molecular weight excluding hydrogens is 753 g/mol. The van der Waals surface area contributed by atoms with Crippen LogP contribution in [0, 0.1) is 29.1 Å². The van der Waals surface area contributed by atoms with Crippen molar-refractivity contribution in [1.29, 1.82) is 0 Å². The summed E-state index contributed by atoms with van der Waals surface area (Å²) < 4.78 is 22.3. The largest absolute Gasteiger partial charge is 0.487 e. The first kappa shape index (κ1) is 51.7. The lowest BCUT2D eigenvalue weighted by molar-refractivity contribution is -0.162. The number of aliphatic hydroxyl groups is 3. The molecule has 3 N–H and O–H groups in total. The highest BCUT2D eigenvalue weighted by Gasteiger charge is 2.34. The number of hydrogen-bond acceptors (Lipinski definition) is 11. The van der Waals surface area contributed by atoms with Gasteiger partial charge in [-0.25, -0.2) is 0 Å². The predicted octanol–water partition coefficient (Wildman–Crippen LogP) is 7.68. The lowest BCUT2D eigenvalue weighted by atomic mass is 9.82. The van der Waals surface area contributed by atoms with Gasteiger partial charge in [-0.05, 0) is 127 Å². The zero-order valence-corrected chi connectivity index (χ0v) is 37.0. The lowest BCUT2D eigenvalue weighted by Crippen LogP contribution is -2.40. The Kier molecular flexibility index (Phi) is 24.0. The van der Waals surface area contributed by atoms with Crippen LogP contribution >= 0.6 is 0 Å². The predicted molar refractivity (Wildman–Crippen MR) is 230 cm³/mol. The Balaban J connectivity index is 1.71. The van der Waals surface area contributed by atoms with E-state index in [4.69, 9.17) is 18.9 Å². The van der Waals surface area contributed by atoms with Crippen molar-refractivity contribution >= 4 is 23.8 Å². The fraction of sp³-hybridized carbons (Fsp3) is 0.667. The number of aldehydes is 1.